The molecule has 0 aromatic heterocycles. The average molecular weight is 455 g/mol. The van der Waals surface area contributed by atoms with Gasteiger partial charge in [0, 0.05) is 6.07 Å². The summed E-state index contributed by atoms with van der Waals surface area (Å²) in [5, 5.41) is 11.5. The lowest BCUT2D eigenvalue weighted by atomic mass is 10.3. The summed E-state index contributed by atoms with van der Waals surface area (Å²) in [6.07, 6.45) is 0. The summed E-state index contributed by atoms with van der Waals surface area (Å²) in [6, 6.07) is 18.4. The van der Waals surface area contributed by atoms with E-state index in [1.807, 2.05) is 0 Å². The van der Waals surface area contributed by atoms with E-state index < -0.39 is 25.5 Å². The molecule has 0 amide bonds. The van der Waals surface area contributed by atoms with Crippen LogP contribution in [0.25, 0.3) is 0 Å². The highest BCUT2D eigenvalue weighted by Gasteiger charge is 2.35. The van der Waals surface area contributed by atoms with Gasteiger partial charge in [0.15, 0.2) is 4.90 Å². The monoisotopic (exact) mass is 455 g/mol. The number of anilines is 1. The van der Waals surface area contributed by atoms with Gasteiger partial charge in [-0.3, -0.25) is 10.1 Å². The van der Waals surface area contributed by atoms with Crippen molar-refractivity contribution in [3.8, 4) is 11.5 Å². The maximum atomic E-state index is 13.8. The molecule has 0 aliphatic heterocycles. The van der Waals surface area contributed by atoms with Gasteiger partial charge in [-0.2, -0.15) is 0 Å². The Balaban J connectivity index is 2.29. The number of hydrogen-bond donors (Lipinski definition) is 0. The number of sulfonamides is 1. The topological polar surface area (TPSA) is 111 Å². The van der Waals surface area contributed by atoms with Gasteiger partial charge in [-0.15, -0.1) is 0 Å². The van der Waals surface area contributed by atoms with Crippen LogP contribution in [0, 0.1) is 10.1 Å². The zero-order chi connectivity index (χ0) is 23.3. The number of nitro benzene ring substituents is 1. The van der Waals surface area contributed by atoms with Crippen LogP contribution in [0.3, 0.4) is 0 Å². The van der Waals surface area contributed by atoms with Gasteiger partial charge >= 0.3 is 0 Å². The van der Waals surface area contributed by atoms with E-state index in [4.69, 9.17) is 9.47 Å². The van der Waals surface area contributed by atoms with E-state index in [2.05, 4.69) is 4.99 Å². The number of amidine groups is 1. The molecule has 0 spiro atoms. The maximum Gasteiger partial charge on any atom is 0.289 e. The molecule has 166 valence electrons. The molecule has 0 fully saturated rings. The van der Waals surface area contributed by atoms with E-state index in [1.165, 1.54) is 45.4 Å². The summed E-state index contributed by atoms with van der Waals surface area (Å²) in [5.41, 5.74) is 0.00643. The average Bonchev–Trinajstić information content (AvgIpc) is 2.79. The number of nitrogens with zero attached hydrogens (tertiary/aromatic N) is 3. The lowest BCUT2D eigenvalue weighted by Crippen LogP contribution is -2.36. The largest absolute Gasteiger partial charge is 0.495 e. The molecule has 0 saturated carbocycles. The van der Waals surface area contributed by atoms with E-state index in [0.29, 0.717) is 11.4 Å². The van der Waals surface area contributed by atoms with Gasteiger partial charge in [-0.1, -0.05) is 36.4 Å². The molecule has 0 aliphatic rings. The number of hydrogen-bond acceptors (Lipinski definition) is 7. The van der Waals surface area contributed by atoms with Gasteiger partial charge in [-0.25, -0.2) is 17.7 Å². The molecule has 32 heavy (non-hydrogen) atoms. The first-order valence-corrected chi connectivity index (χ1v) is 10.9. The molecule has 0 unspecified atom stereocenters. The van der Waals surface area contributed by atoms with Gasteiger partial charge in [0.05, 0.1) is 19.1 Å². The number of ether oxygens (including phenoxy) is 2. The zero-order valence-electron chi connectivity index (χ0n) is 17.6. The van der Waals surface area contributed by atoms with E-state index in [9.17, 15) is 18.5 Å². The molecule has 0 atom stereocenters. The van der Waals surface area contributed by atoms with Crippen molar-refractivity contribution in [2.75, 3.05) is 18.5 Å². The standard InChI is InChI=1S/C22H21N3O6S/c1-16(23-17-10-4-7-13-20(17)30-2)24(18-11-5-8-14-21(18)31-3)32(28,29)22-15-9-6-12-19(22)25(26)27/h4-15H,1-3H3. The molecule has 3 aromatic carbocycles. The van der Waals surface area contributed by atoms with Crippen LogP contribution in [0.15, 0.2) is 82.7 Å². The lowest BCUT2D eigenvalue weighted by Gasteiger charge is -2.25. The first-order chi connectivity index (χ1) is 15.3. The Morgan fingerprint density at radius 2 is 1.47 bits per heavy atom. The van der Waals surface area contributed by atoms with Crippen molar-refractivity contribution in [3.05, 3.63) is 82.9 Å². The van der Waals surface area contributed by atoms with Gasteiger partial charge in [0.2, 0.25) is 0 Å². The van der Waals surface area contributed by atoms with Crippen molar-refractivity contribution in [3.63, 3.8) is 0 Å². The van der Waals surface area contributed by atoms with Gasteiger partial charge in [-0.05, 0) is 37.3 Å². The van der Waals surface area contributed by atoms with Gasteiger partial charge in [0.1, 0.15) is 28.7 Å². The molecule has 0 saturated heterocycles. The summed E-state index contributed by atoms with van der Waals surface area (Å²) in [6.45, 7) is 1.49. The molecular weight excluding hydrogens is 434 g/mol. The summed E-state index contributed by atoms with van der Waals surface area (Å²) in [4.78, 5) is 14.8. The molecule has 0 N–H and O–H groups in total. The number of para-hydroxylation sites is 5. The van der Waals surface area contributed by atoms with Crippen LogP contribution >= 0.6 is 0 Å². The molecule has 3 rings (SSSR count). The molecule has 9 nitrogen and oxygen atoms in total. The molecule has 0 bridgehead atoms. The van der Waals surface area contributed by atoms with Crippen molar-refractivity contribution >= 4 is 32.9 Å². The fourth-order valence-corrected chi connectivity index (χ4v) is 4.79. The van der Waals surface area contributed by atoms with E-state index in [-0.39, 0.29) is 17.3 Å². The Morgan fingerprint density at radius 3 is 2.12 bits per heavy atom. The summed E-state index contributed by atoms with van der Waals surface area (Å²) in [7, 11) is -1.58. The Hall–Kier alpha value is -3.92. The van der Waals surface area contributed by atoms with Crippen LogP contribution in [-0.4, -0.2) is 33.4 Å². The Morgan fingerprint density at radius 1 is 0.906 bits per heavy atom. The van der Waals surface area contributed by atoms with Crippen LogP contribution in [0.2, 0.25) is 0 Å². The van der Waals surface area contributed by atoms with Gasteiger partial charge in [0.25, 0.3) is 15.7 Å². The van der Waals surface area contributed by atoms with Crippen LogP contribution in [0.4, 0.5) is 17.1 Å². The van der Waals surface area contributed by atoms with Crippen molar-refractivity contribution in [1.82, 2.24) is 0 Å². The van der Waals surface area contributed by atoms with Crippen molar-refractivity contribution < 1.29 is 22.8 Å². The minimum absolute atomic E-state index is 0.0390. The van der Waals surface area contributed by atoms with Gasteiger partial charge < -0.3 is 9.47 Å². The Kier molecular flexibility index (Phi) is 6.74. The quantitative estimate of drug-likeness (QED) is 0.223. The van der Waals surface area contributed by atoms with E-state index in [0.717, 1.165) is 10.4 Å². The van der Waals surface area contributed by atoms with Crippen LogP contribution in [0.1, 0.15) is 6.92 Å². The zero-order valence-corrected chi connectivity index (χ0v) is 18.4. The minimum atomic E-state index is -4.46. The number of nitro groups is 1. The SMILES string of the molecule is COc1ccccc1N=C(C)N(c1ccccc1OC)S(=O)(=O)c1ccccc1[N+](=O)[O-]. The summed E-state index contributed by atoms with van der Waals surface area (Å²) < 4.78 is 39.1. The van der Waals surface area contributed by atoms with Crippen molar-refractivity contribution in [2.45, 2.75) is 11.8 Å². The highest BCUT2D eigenvalue weighted by atomic mass is 32.2. The normalized spacial score (nSPS) is 11.7. The number of benzene rings is 3. The van der Waals surface area contributed by atoms with Crippen LogP contribution in [-0.2, 0) is 10.0 Å². The highest BCUT2D eigenvalue weighted by molar-refractivity contribution is 7.93. The van der Waals surface area contributed by atoms with E-state index in [1.54, 1.807) is 42.5 Å². The second-order valence-electron chi connectivity index (χ2n) is 6.50. The van der Waals surface area contributed by atoms with Crippen molar-refractivity contribution in [2.24, 2.45) is 4.99 Å². The number of rotatable bonds is 7. The molecule has 0 heterocycles. The summed E-state index contributed by atoms with van der Waals surface area (Å²) in [5.74, 6) is 0.733. The van der Waals surface area contributed by atoms with Crippen LogP contribution in [0.5, 0.6) is 11.5 Å². The minimum Gasteiger partial charge on any atom is -0.495 e. The Bertz CT molecular complexity index is 1270. The fourth-order valence-electron chi connectivity index (χ4n) is 3.14. The first-order valence-electron chi connectivity index (χ1n) is 9.41. The molecule has 0 aliphatic carbocycles. The second-order valence-corrected chi connectivity index (χ2v) is 8.25. The second kappa shape index (κ2) is 9.48. The smallest absolute Gasteiger partial charge is 0.289 e. The number of methoxy groups -OCH3 is 2. The first kappa shape index (κ1) is 22.8. The maximum absolute atomic E-state index is 13.8. The predicted molar refractivity (Wildman–Crippen MR) is 122 cm³/mol. The Labute approximate surface area is 185 Å². The molecular formula is C22H21N3O6S. The summed E-state index contributed by atoms with van der Waals surface area (Å²) >= 11 is 0. The molecule has 10 heteroatoms. The molecule has 3 aromatic rings. The van der Waals surface area contributed by atoms with Crippen molar-refractivity contribution in [1.29, 1.82) is 0 Å². The fraction of sp³-hybridized carbons (Fsp3) is 0.136. The third-order valence-corrected chi connectivity index (χ3v) is 6.39. The lowest BCUT2D eigenvalue weighted by molar-refractivity contribution is -0.387. The predicted octanol–water partition coefficient (Wildman–Crippen LogP) is 4.56. The number of aliphatic imine (C=N–C) groups is 1. The highest BCUT2D eigenvalue weighted by Crippen LogP contribution is 2.36. The third kappa shape index (κ3) is 4.40. The third-order valence-electron chi connectivity index (χ3n) is 4.55. The van der Waals surface area contributed by atoms with E-state index >= 15 is 0 Å². The molecule has 0 radical (unpaired) electrons. The van der Waals surface area contributed by atoms with Crippen LogP contribution < -0.4 is 13.8 Å².